The molecular weight excluding hydrogens is 283 g/mol. The molecule has 0 saturated carbocycles. The topological polar surface area (TPSA) is 55.1 Å². The molecule has 2 aromatic carbocycles. The number of amides is 1. The summed E-state index contributed by atoms with van der Waals surface area (Å²) in [6, 6.07) is 12.1. The third kappa shape index (κ3) is 3.26. The lowest BCUT2D eigenvalue weighted by Crippen LogP contribution is -2.13. The Morgan fingerprint density at radius 2 is 1.74 bits per heavy atom. The van der Waals surface area contributed by atoms with Gasteiger partial charge >= 0.3 is 0 Å². The summed E-state index contributed by atoms with van der Waals surface area (Å²) in [5, 5.41) is 3.50. The molecular formula is C14H12Cl2N2O. The van der Waals surface area contributed by atoms with Gasteiger partial charge in [0, 0.05) is 12.1 Å². The van der Waals surface area contributed by atoms with Crippen LogP contribution in [0.4, 0.5) is 5.69 Å². The van der Waals surface area contributed by atoms with Crippen molar-refractivity contribution in [2.24, 2.45) is 5.73 Å². The van der Waals surface area contributed by atoms with E-state index in [1.54, 1.807) is 36.4 Å². The number of nitrogens with two attached hydrogens (primary N) is 1. The summed E-state index contributed by atoms with van der Waals surface area (Å²) >= 11 is 12.0. The molecule has 0 aliphatic carbocycles. The Morgan fingerprint density at radius 3 is 2.37 bits per heavy atom. The van der Waals surface area contributed by atoms with Crippen molar-refractivity contribution in [3.05, 3.63) is 63.6 Å². The lowest BCUT2D eigenvalue weighted by Gasteiger charge is -2.09. The standard InChI is InChI=1S/C14H12Cl2N2O/c15-11-5-2-6-12(16)13(11)18-14(19)10-4-1-3-9(7-10)8-17/h1-7H,8,17H2,(H,18,19). The molecule has 0 heterocycles. The zero-order valence-electron chi connectivity index (χ0n) is 9.99. The number of anilines is 1. The summed E-state index contributed by atoms with van der Waals surface area (Å²) in [6.07, 6.45) is 0. The Morgan fingerprint density at radius 1 is 1.11 bits per heavy atom. The minimum atomic E-state index is -0.273. The van der Waals surface area contributed by atoms with Gasteiger partial charge in [-0.1, -0.05) is 41.4 Å². The second-order valence-corrected chi connectivity index (χ2v) is 4.77. The summed E-state index contributed by atoms with van der Waals surface area (Å²) < 4.78 is 0. The number of halogens is 2. The third-order valence-electron chi connectivity index (χ3n) is 2.63. The van der Waals surface area contributed by atoms with E-state index in [2.05, 4.69) is 5.32 Å². The van der Waals surface area contributed by atoms with Crippen LogP contribution in [0, 0.1) is 0 Å². The molecule has 0 atom stereocenters. The predicted molar refractivity (Wildman–Crippen MR) is 78.7 cm³/mol. The molecule has 0 fully saturated rings. The summed E-state index contributed by atoms with van der Waals surface area (Å²) in [6.45, 7) is 0.383. The van der Waals surface area contributed by atoms with Crippen LogP contribution in [0.5, 0.6) is 0 Å². The molecule has 3 N–H and O–H groups in total. The fourth-order valence-corrected chi connectivity index (χ4v) is 2.13. The van der Waals surface area contributed by atoms with Crippen molar-refractivity contribution >= 4 is 34.8 Å². The van der Waals surface area contributed by atoms with E-state index in [1.807, 2.05) is 6.07 Å². The maximum absolute atomic E-state index is 12.1. The van der Waals surface area contributed by atoms with Crippen molar-refractivity contribution in [3.8, 4) is 0 Å². The van der Waals surface area contributed by atoms with Gasteiger partial charge in [0.2, 0.25) is 0 Å². The third-order valence-corrected chi connectivity index (χ3v) is 3.26. The smallest absolute Gasteiger partial charge is 0.255 e. The van der Waals surface area contributed by atoms with Crippen LogP contribution in [-0.4, -0.2) is 5.91 Å². The summed E-state index contributed by atoms with van der Waals surface area (Å²) in [4.78, 5) is 12.1. The predicted octanol–water partition coefficient (Wildman–Crippen LogP) is 3.70. The van der Waals surface area contributed by atoms with Crippen molar-refractivity contribution in [3.63, 3.8) is 0 Å². The number of nitrogens with one attached hydrogen (secondary N) is 1. The van der Waals surface area contributed by atoms with E-state index in [-0.39, 0.29) is 5.91 Å². The lowest BCUT2D eigenvalue weighted by atomic mass is 10.1. The average molecular weight is 295 g/mol. The quantitative estimate of drug-likeness (QED) is 0.907. The first-order valence-electron chi connectivity index (χ1n) is 5.66. The first-order chi connectivity index (χ1) is 9.11. The van der Waals surface area contributed by atoms with Gasteiger partial charge in [-0.15, -0.1) is 0 Å². The number of hydrogen-bond donors (Lipinski definition) is 2. The highest BCUT2D eigenvalue weighted by atomic mass is 35.5. The van der Waals surface area contributed by atoms with Gasteiger partial charge in [-0.25, -0.2) is 0 Å². The van der Waals surface area contributed by atoms with Crippen LogP contribution >= 0.6 is 23.2 Å². The minimum Gasteiger partial charge on any atom is -0.326 e. The average Bonchev–Trinajstić information content (AvgIpc) is 2.43. The van der Waals surface area contributed by atoms with Crippen molar-refractivity contribution in [1.29, 1.82) is 0 Å². The highest BCUT2D eigenvalue weighted by Crippen LogP contribution is 2.30. The Hall–Kier alpha value is -1.55. The molecule has 0 spiro atoms. The van der Waals surface area contributed by atoms with E-state index in [0.717, 1.165) is 5.56 Å². The monoisotopic (exact) mass is 294 g/mol. The van der Waals surface area contributed by atoms with Gasteiger partial charge in [0.05, 0.1) is 15.7 Å². The van der Waals surface area contributed by atoms with Crippen molar-refractivity contribution in [2.75, 3.05) is 5.32 Å². The van der Waals surface area contributed by atoms with Gasteiger partial charge in [-0.05, 0) is 29.8 Å². The number of benzene rings is 2. The van der Waals surface area contributed by atoms with Crippen LogP contribution in [0.1, 0.15) is 15.9 Å². The van der Waals surface area contributed by atoms with E-state index >= 15 is 0 Å². The Bertz CT molecular complexity index is 594. The first-order valence-corrected chi connectivity index (χ1v) is 6.42. The fourth-order valence-electron chi connectivity index (χ4n) is 1.64. The minimum absolute atomic E-state index is 0.273. The van der Waals surface area contributed by atoms with Crippen LogP contribution in [-0.2, 0) is 6.54 Å². The molecule has 0 unspecified atom stereocenters. The number of carbonyl (C=O) groups excluding carboxylic acids is 1. The summed E-state index contributed by atoms with van der Waals surface area (Å²) in [7, 11) is 0. The van der Waals surface area contributed by atoms with Crippen LogP contribution in [0.25, 0.3) is 0 Å². The SMILES string of the molecule is NCc1cccc(C(=O)Nc2c(Cl)cccc2Cl)c1. The molecule has 0 saturated heterocycles. The maximum Gasteiger partial charge on any atom is 0.255 e. The molecule has 3 nitrogen and oxygen atoms in total. The normalized spacial score (nSPS) is 10.3. The van der Waals surface area contributed by atoms with Gasteiger partial charge in [0.1, 0.15) is 0 Å². The van der Waals surface area contributed by atoms with E-state index < -0.39 is 0 Å². The van der Waals surface area contributed by atoms with Crippen LogP contribution in [0.2, 0.25) is 10.0 Å². The van der Waals surface area contributed by atoms with Crippen molar-refractivity contribution in [1.82, 2.24) is 0 Å². The molecule has 5 heteroatoms. The van der Waals surface area contributed by atoms with E-state index in [9.17, 15) is 4.79 Å². The first kappa shape index (κ1) is 13.9. The molecule has 0 bridgehead atoms. The van der Waals surface area contributed by atoms with Crippen molar-refractivity contribution < 1.29 is 4.79 Å². The molecule has 0 aliphatic rings. The molecule has 2 rings (SSSR count). The van der Waals surface area contributed by atoms with Crippen molar-refractivity contribution in [2.45, 2.75) is 6.54 Å². The Balaban J connectivity index is 2.25. The highest BCUT2D eigenvalue weighted by molar-refractivity contribution is 6.40. The number of para-hydroxylation sites is 1. The largest absolute Gasteiger partial charge is 0.326 e. The lowest BCUT2D eigenvalue weighted by molar-refractivity contribution is 0.102. The molecule has 2 aromatic rings. The molecule has 0 radical (unpaired) electrons. The van der Waals surface area contributed by atoms with Crippen LogP contribution in [0.15, 0.2) is 42.5 Å². The molecule has 0 aromatic heterocycles. The Kier molecular flexibility index (Phi) is 4.43. The van der Waals surface area contributed by atoms with Gasteiger partial charge in [0.25, 0.3) is 5.91 Å². The Labute approximate surface area is 121 Å². The van der Waals surface area contributed by atoms with E-state index in [4.69, 9.17) is 28.9 Å². The summed E-state index contributed by atoms with van der Waals surface area (Å²) in [5.74, 6) is -0.273. The second-order valence-electron chi connectivity index (χ2n) is 3.96. The van der Waals surface area contributed by atoms with Crippen LogP contribution in [0.3, 0.4) is 0 Å². The molecule has 0 aliphatic heterocycles. The fraction of sp³-hybridized carbons (Fsp3) is 0.0714. The van der Waals surface area contributed by atoms with Gasteiger partial charge in [-0.3, -0.25) is 4.79 Å². The maximum atomic E-state index is 12.1. The zero-order valence-corrected chi connectivity index (χ0v) is 11.5. The van der Waals surface area contributed by atoms with Gasteiger partial charge in [0.15, 0.2) is 0 Å². The van der Waals surface area contributed by atoms with Gasteiger partial charge < -0.3 is 11.1 Å². The van der Waals surface area contributed by atoms with Gasteiger partial charge in [-0.2, -0.15) is 0 Å². The number of rotatable bonds is 3. The van der Waals surface area contributed by atoms with Crippen LogP contribution < -0.4 is 11.1 Å². The second kappa shape index (κ2) is 6.06. The summed E-state index contributed by atoms with van der Waals surface area (Å²) in [5.41, 5.74) is 7.36. The highest BCUT2D eigenvalue weighted by Gasteiger charge is 2.11. The zero-order chi connectivity index (χ0) is 13.8. The molecule has 98 valence electrons. The van der Waals surface area contributed by atoms with E-state index in [1.165, 1.54) is 0 Å². The number of carbonyl (C=O) groups is 1. The molecule has 1 amide bonds. The van der Waals surface area contributed by atoms with E-state index in [0.29, 0.717) is 27.8 Å². The number of hydrogen-bond acceptors (Lipinski definition) is 2. The molecule has 19 heavy (non-hydrogen) atoms.